The van der Waals surface area contributed by atoms with Gasteiger partial charge in [0.05, 0.1) is 3.57 Å². The fraction of sp³-hybridized carbons (Fsp3) is 0.636. The molecule has 1 saturated heterocycles. The third-order valence-corrected chi connectivity index (χ3v) is 3.81. The second kappa shape index (κ2) is 5.09. The molecule has 1 aromatic rings. The SMILES string of the molecule is CCC1CCCN(c2ncncc2I)C1. The molecule has 2 rings (SSSR count). The summed E-state index contributed by atoms with van der Waals surface area (Å²) in [6, 6.07) is 0. The van der Waals surface area contributed by atoms with Crippen LogP contribution >= 0.6 is 22.6 Å². The van der Waals surface area contributed by atoms with Crippen LogP contribution < -0.4 is 4.90 Å². The maximum absolute atomic E-state index is 4.38. The van der Waals surface area contributed by atoms with Gasteiger partial charge in [-0.3, -0.25) is 0 Å². The smallest absolute Gasteiger partial charge is 0.145 e. The van der Waals surface area contributed by atoms with E-state index in [0.29, 0.717) is 0 Å². The van der Waals surface area contributed by atoms with Gasteiger partial charge < -0.3 is 4.90 Å². The summed E-state index contributed by atoms with van der Waals surface area (Å²) in [5.41, 5.74) is 0. The number of halogens is 1. The molecule has 0 spiro atoms. The van der Waals surface area contributed by atoms with Crippen molar-refractivity contribution in [3.8, 4) is 0 Å². The summed E-state index contributed by atoms with van der Waals surface area (Å²) in [4.78, 5) is 10.8. The minimum atomic E-state index is 0.838. The van der Waals surface area contributed by atoms with Gasteiger partial charge in [0, 0.05) is 19.3 Å². The van der Waals surface area contributed by atoms with Crippen LogP contribution in [0.15, 0.2) is 12.5 Å². The van der Waals surface area contributed by atoms with Gasteiger partial charge in [-0.2, -0.15) is 0 Å². The number of nitrogens with zero attached hydrogens (tertiary/aromatic N) is 3. The number of anilines is 1. The highest BCUT2D eigenvalue weighted by atomic mass is 127. The van der Waals surface area contributed by atoms with Gasteiger partial charge in [-0.25, -0.2) is 9.97 Å². The number of rotatable bonds is 2. The maximum atomic E-state index is 4.38. The summed E-state index contributed by atoms with van der Waals surface area (Å²) in [6.45, 7) is 4.58. The minimum absolute atomic E-state index is 0.838. The fourth-order valence-corrected chi connectivity index (χ4v) is 2.77. The van der Waals surface area contributed by atoms with E-state index in [-0.39, 0.29) is 0 Å². The molecule has 0 saturated carbocycles. The molecule has 1 aliphatic heterocycles. The Labute approximate surface area is 104 Å². The first-order valence-corrected chi connectivity index (χ1v) is 6.59. The van der Waals surface area contributed by atoms with E-state index >= 15 is 0 Å². The Balaban J connectivity index is 2.13. The van der Waals surface area contributed by atoms with Gasteiger partial charge in [0.15, 0.2) is 0 Å². The molecule has 1 aliphatic rings. The lowest BCUT2D eigenvalue weighted by Gasteiger charge is -2.33. The second-order valence-corrected chi connectivity index (χ2v) is 5.22. The first kappa shape index (κ1) is 11.1. The highest BCUT2D eigenvalue weighted by Crippen LogP contribution is 2.25. The van der Waals surface area contributed by atoms with Crippen LogP contribution in [0.25, 0.3) is 0 Å². The average Bonchev–Trinajstić information content (AvgIpc) is 2.30. The Hall–Kier alpha value is -0.390. The average molecular weight is 317 g/mol. The van der Waals surface area contributed by atoms with Gasteiger partial charge in [-0.1, -0.05) is 13.3 Å². The van der Waals surface area contributed by atoms with Crippen molar-refractivity contribution in [2.75, 3.05) is 18.0 Å². The Kier molecular flexibility index (Phi) is 3.77. The van der Waals surface area contributed by atoms with Crippen molar-refractivity contribution in [2.45, 2.75) is 26.2 Å². The highest BCUT2D eigenvalue weighted by Gasteiger charge is 2.20. The molecule has 3 nitrogen and oxygen atoms in total. The van der Waals surface area contributed by atoms with Crippen molar-refractivity contribution < 1.29 is 0 Å². The van der Waals surface area contributed by atoms with Gasteiger partial charge >= 0.3 is 0 Å². The van der Waals surface area contributed by atoms with Crippen LogP contribution in [-0.4, -0.2) is 23.1 Å². The van der Waals surface area contributed by atoms with Crippen LogP contribution in [0.5, 0.6) is 0 Å². The van der Waals surface area contributed by atoms with Crippen LogP contribution in [0.1, 0.15) is 26.2 Å². The molecule has 1 unspecified atom stereocenters. The molecular formula is C11H16IN3. The zero-order valence-corrected chi connectivity index (χ0v) is 11.1. The molecule has 0 bridgehead atoms. The van der Waals surface area contributed by atoms with Crippen molar-refractivity contribution in [1.82, 2.24) is 9.97 Å². The van der Waals surface area contributed by atoms with Crippen molar-refractivity contribution >= 4 is 28.4 Å². The van der Waals surface area contributed by atoms with Crippen molar-refractivity contribution in [2.24, 2.45) is 5.92 Å². The minimum Gasteiger partial charge on any atom is -0.355 e. The van der Waals surface area contributed by atoms with Gasteiger partial charge in [0.25, 0.3) is 0 Å². The predicted octanol–water partition coefficient (Wildman–Crippen LogP) is 2.71. The summed E-state index contributed by atoms with van der Waals surface area (Å²) < 4.78 is 1.16. The standard InChI is InChI=1S/C11H16IN3/c1-2-9-4-3-5-15(7-9)11-10(12)6-13-8-14-11/h6,8-9H,2-5,7H2,1H3. The van der Waals surface area contributed by atoms with Crippen LogP contribution in [0, 0.1) is 9.49 Å². The van der Waals surface area contributed by atoms with Gasteiger partial charge in [0.1, 0.15) is 12.1 Å². The summed E-state index contributed by atoms with van der Waals surface area (Å²) in [6.07, 6.45) is 7.47. The molecule has 1 fully saturated rings. The third-order valence-electron chi connectivity index (χ3n) is 3.04. The molecule has 0 radical (unpaired) electrons. The lowest BCUT2D eigenvalue weighted by molar-refractivity contribution is 0.402. The monoisotopic (exact) mass is 317 g/mol. The van der Waals surface area contributed by atoms with E-state index in [0.717, 1.165) is 28.4 Å². The Morgan fingerprint density at radius 3 is 3.20 bits per heavy atom. The second-order valence-electron chi connectivity index (χ2n) is 4.06. The topological polar surface area (TPSA) is 29.0 Å². The molecule has 1 aromatic heterocycles. The van der Waals surface area contributed by atoms with E-state index < -0.39 is 0 Å². The van der Waals surface area contributed by atoms with E-state index in [1.807, 2.05) is 6.20 Å². The molecule has 0 amide bonds. The Morgan fingerprint density at radius 1 is 1.60 bits per heavy atom. The van der Waals surface area contributed by atoms with Crippen LogP contribution in [0.4, 0.5) is 5.82 Å². The highest BCUT2D eigenvalue weighted by molar-refractivity contribution is 14.1. The summed E-state index contributed by atoms with van der Waals surface area (Å²) >= 11 is 2.32. The molecule has 1 atom stereocenters. The van der Waals surface area contributed by atoms with Crippen molar-refractivity contribution in [1.29, 1.82) is 0 Å². The normalized spacial score (nSPS) is 21.7. The lowest BCUT2D eigenvalue weighted by Crippen LogP contribution is -2.36. The lowest BCUT2D eigenvalue weighted by atomic mass is 9.96. The molecule has 4 heteroatoms. The molecule has 15 heavy (non-hydrogen) atoms. The summed E-state index contributed by atoms with van der Waals surface area (Å²) in [5, 5.41) is 0. The number of hydrogen-bond acceptors (Lipinski definition) is 3. The van der Waals surface area contributed by atoms with Gasteiger partial charge in [-0.05, 0) is 41.4 Å². The number of hydrogen-bond donors (Lipinski definition) is 0. The number of aromatic nitrogens is 2. The van der Waals surface area contributed by atoms with Crippen molar-refractivity contribution in [3.05, 3.63) is 16.1 Å². The fourth-order valence-electron chi connectivity index (χ4n) is 2.13. The van der Waals surface area contributed by atoms with Crippen LogP contribution in [0.3, 0.4) is 0 Å². The quantitative estimate of drug-likeness (QED) is 0.786. The van der Waals surface area contributed by atoms with Crippen LogP contribution in [-0.2, 0) is 0 Å². The van der Waals surface area contributed by atoms with Gasteiger partial charge in [-0.15, -0.1) is 0 Å². The third kappa shape index (κ3) is 2.59. The zero-order chi connectivity index (χ0) is 10.7. The zero-order valence-electron chi connectivity index (χ0n) is 8.99. The van der Waals surface area contributed by atoms with E-state index in [4.69, 9.17) is 0 Å². The molecule has 0 aromatic carbocycles. The van der Waals surface area contributed by atoms with Crippen LogP contribution in [0.2, 0.25) is 0 Å². The largest absolute Gasteiger partial charge is 0.355 e. The molecule has 82 valence electrons. The first-order chi connectivity index (χ1) is 7.31. The molecule has 0 N–H and O–H groups in total. The Morgan fingerprint density at radius 2 is 2.47 bits per heavy atom. The van der Waals surface area contributed by atoms with E-state index in [1.165, 1.54) is 19.3 Å². The van der Waals surface area contributed by atoms with E-state index in [2.05, 4.69) is 44.4 Å². The first-order valence-electron chi connectivity index (χ1n) is 5.51. The van der Waals surface area contributed by atoms with E-state index in [9.17, 15) is 0 Å². The molecule has 0 aliphatic carbocycles. The summed E-state index contributed by atoms with van der Waals surface area (Å²) in [5.74, 6) is 1.95. The molecular weight excluding hydrogens is 301 g/mol. The Bertz CT molecular complexity index is 329. The predicted molar refractivity (Wildman–Crippen MR) is 70.0 cm³/mol. The van der Waals surface area contributed by atoms with Crippen molar-refractivity contribution in [3.63, 3.8) is 0 Å². The summed E-state index contributed by atoms with van der Waals surface area (Å²) in [7, 11) is 0. The number of piperidine rings is 1. The maximum Gasteiger partial charge on any atom is 0.145 e. The van der Waals surface area contributed by atoms with Gasteiger partial charge in [0.2, 0.25) is 0 Å². The molecule has 2 heterocycles. The van der Waals surface area contributed by atoms with E-state index in [1.54, 1.807) is 6.33 Å².